The average molecular weight is 329 g/mol. The SMILES string of the molecule is O=C(O)C1CNC([C@](O)(c2ccccc2)C2C=CC=CC=C2)S1. The highest BCUT2D eigenvalue weighted by atomic mass is 32.2. The van der Waals surface area contributed by atoms with Gasteiger partial charge in [-0.2, -0.15) is 0 Å². The van der Waals surface area contributed by atoms with Crippen LogP contribution in [-0.2, 0) is 10.4 Å². The van der Waals surface area contributed by atoms with E-state index in [0.717, 1.165) is 5.56 Å². The lowest BCUT2D eigenvalue weighted by Gasteiger charge is -2.38. The number of aliphatic carboxylic acids is 1. The third-order valence-corrected chi connectivity index (χ3v) is 5.67. The number of carboxylic acids is 1. The van der Waals surface area contributed by atoms with Gasteiger partial charge in [-0.05, 0) is 5.56 Å². The molecule has 5 heteroatoms. The van der Waals surface area contributed by atoms with Crippen molar-refractivity contribution < 1.29 is 15.0 Å². The molecule has 2 aliphatic rings. The number of nitrogens with one attached hydrogen (secondary N) is 1. The molecule has 0 bridgehead atoms. The molecule has 1 heterocycles. The van der Waals surface area contributed by atoms with E-state index in [1.165, 1.54) is 11.8 Å². The highest BCUT2D eigenvalue weighted by Gasteiger charge is 2.48. The number of allylic oxidation sites excluding steroid dienone is 4. The Morgan fingerprint density at radius 1 is 1.13 bits per heavy atom. The van der Waals surface area contributed by atoms with Gasteiger partial charge in [-0.1, -0.05) is 66.8 Å². The second-order valence-corrected chi connectivity index (χ2v) is 6.94. The van der Waals surface area contributed by atoms with Gasteiger partial charge in [-0.3, -0.25) is 4.79 Å². The summed E-state index contributed by atoms with van der Waals surface area (Å²) in [7, 11) is 0. The summed E-state index contributed by atoms with van der Waals surface area (Å²) in [5.41, 5.74) is -0.452. The van der Waals surface area contributed by atoms with Crippen LogP contribution in [0, 0.1) is 5.92 Å². The molecule has 0 spiro atoms. The van der Waals surface area contributed by atoms with Gasteiger partial charge < -0.3 is 15.5 Å². The standard InChI is InChI=1S/C18H19NO3S/c20-16(21)15-12-19-17(23-15)18(22,14-10-6-3-7-11-14)13-8-4-1-2-5-9-13/h1-11,13,15,17,19,22H,12H2,(H,20,21)/t15?,17?,18-/m1/s1. The van der Waals surface area contributed by atoms with E-state index < -0.39 is 22.2 Å². The van der Waals surface area contributed by atoms with Crippen LogP contribution in [0.3, 0.4) is 0 Å². The largest absolute Gasteiger partial charge is 0.480 e. The lowest BCUT2D eigenvalue weighted by molar-refractivity contribution is -0.136. The molecule has 0 amide bonds. The minimum Gasteiger partial charge on any atom is -0.480 e. The molecule has 0 aromatic heterocycles. The summed E-state index contributed by atoms with van der Waals surface area (Å²) in [4.78, 5) is 11.3. The van der Waals surface area contributed by atoms with Crippen molar-refractivity contribution in [1.29, 1.82) is 0 Å². The lowest BCUT2D eigenvalue weighted by Crippen LogP contribution is -2.48. The Morgan fingerprint density at radius 2 is 1.78 bits per heavy atom. The first-order chi connectivity index (χ1) is 11.1. The first-order valence-electron chi connectivity index (χ1n) is 7.53. The molecular weight excluding hydrogens is 310 g/mol. The molecule has 0 saturated carbocycles. The van der Waals surface area contributed by atoms with Crippen LogP contribution in [-0.4, -0.2) is 33.4 Å². The monoisotopic (exact) mass is 329 g/mol. The summed E-state index contributed by atoms with van der Waals surface area (Å²) in [5, 5.41) is 23.1. The fourth-order valence-electron chi connectivity index (χ4n) is 2.96. The number of aliphatic hydroxyl groups is 1. The molecule has 1 aromatic carbocycles. The number of carboxylic acid groups (broad SMARTS) is 1. The van der Waals surface area contributed by atoms with E-state index in [1.807, 2.05) is 66.8 Å². The second-order valence-electron chi connectivity index (χ2n) is 5.62. The van der Waals surface area contributed by atoms with E-state index >= 15 is 0 Å². The van der Waals surface area contributed by atoms with Crippen molar-refractivity contribution in [1.82, 2.24) is 5.32 Å². The van der Waals surface area contributed by atoms with Crippen molar-refractivity contribution in [3.8, 4) is 0 Å². The van der Waals surface area contributed by atoms with Crippen molar-refractivity contribution >= 4 is 17.7 Å². The van der Waals surface area contributed by atoms with Gasteiger partial charge in [0.1, 0.15) is 10.9 Å². The zero-order valence-electron chi connectivity index (χ0n) is 12.5. The molecule has 1 aromatic rings. The number of rotatable bonds is 4. The molecule has 1 fully saturated rings. The van der Waals surface area contributed by atoms with Crippen LogP contribution in [0.2, 0.25) is 0 Å². The Hall–Kier alpha value is -1.82. The van der Waals surface area contributed by atoms with Gasteiger partial charge in [-0.25, -0.2) is 0 Å². The second kappa shape index (κ2) is 6.74. The topological polar surface area (TPSA) is 69.6 Å². The van der Waals surface area contributed by atoms with Crippen LogP contribution < -0.4 is 5.32 Å². The maximum Gasteiger partial charge on any atom is 0.317 e. The van der Waals surface area contributed by atoms with Crippen LogP contribution in [0.25, 0.3) is 0 Å². The van der Waals surface area contributed by atoms with Gasteiger partial charge >= 0.3 is 5.97 Å². The Balaban J connectivity index is 1.99. The Bertz CT molecular complexity index is 639. The van der Waals surface area contributed by atoms with Crippen LogP contribution in [0.15, 0.2) is 66.8 Å². The number of hydrogen-bond donors (Lipinski definition) is 3. The van der Waals surface area contributed by atoms with Crippen molar-refractivity contribution in [3.63, 3.8) is 0 Å². The Labute approximate surface area is 139 Å². The Kier molecular flexibility index (Phi) is 4.71. The highest BCUT2D eigenvalue weighted by Crippen LogP contribution is 2.43. The van der Waals surface area contributed by atoms with Gasteiger partial charge in [0.15, 0.2) is 0 Å². The molecule has 23 heavy (non-hydrogen) atoms. The van der Waals surface area contributed by atoms with E-state index in [9.17, 15) is 15.0 Å². The first-order valence-corrected chi connectivity index (χ1v) is 8.48. The quantitative estimate of drug-likeness (QED) is 0.791. The summed E-state index contributed by atoms with van der Waals surface area (Å²) >= 11 is 1.27. The maximum atomic E-state index is 11.6. The summed E-state index contributed by atoms with van der Waals surface area (Å²) in [5.74, 6) is -1.11. The molecule has 1 saturated heterocycles. The molecular formula is C18H19NO3S. The lowest BCUT2D eigenvalue weighted by atomic mass is 9.80. The van der Waals surface area contributed by atoms with Crippen LogP contribution in [0.5, 0.6) is 0 Å². The third-order valence-electron chi connectivity index (χ3n) is 4.18. The number of carbonyl (C=O) groups is 1. The molecule has 0 radical (unpaired) electrons. The summed E-state index contributed by atoms with van der Waals surface area (Å²) in [6.07, 6.45) is 11.5. The molecule has 1 aliphatic heterocycles. The van der Waals surface area contributed by atoms with E-state index in [1.54, 1.807) is 0 Å². The highest BCUT2D eigenvalue weighted by molar-refractivity contribution is 8.01. The minimum atomic E-state index is -1.23. The summed E-state index contributed by atoms with van der Waals surface area (Å²) in [6, 6.07) is 9.44. The molecule has 4 nitrogen and oxygen atoms in total. The van der Waals surface area contributed by atoms with Gasteiger partial charge in [0.05, 0.1) is 5.37 Å². The smallest absolute Gasteiger partial charge is 0.317 e. The number of hydrogen-bond acceptors (Lipinski definition) is 4. The van der Waals surface area contributed by atoms with Crippen molar-refractivity contribution in [2.75, 3.05) is 6.54 Å². The predicted molar refractivity (Wildman–Crippen MR) is 92.1 cm³/mol. The number of benzene rings is 1. The number of thioether (sulfide) groups is 1. The molecule has 2 unspecified atom stereocenters. The fourth-order valence-corrected chi connectivity index (χ4v) is 4.29. The predicted octanol–water partition coefficient (Wildman–Crippen LogP) is 2.29. The molecule has 1 aliphatic carbocycles. The van der Waals surface area contributed by atoms with E-state index in [-0.39, 0.29) is 5.92 Å². The van der Waals surface area contributed by atoms with Gasteiger partial charge in [0, 0.05) is 12.5 Å². The maximum absolute atomic E-state index is 11.6. The fraction of sp³-hybridized carbons (Fsp3) is 0.278. The molecule has 3 rings (SSSR count). The molecule has 120 valence electrons. The van der Waals surface area contributed by atoms with Crippen molar-refractivity contribution in [2.24, 2.45) is 5.92 Å². The van der Waals surface area contributed by atoms with Gasteiger partial charge in [0.25, 0.3) is 0 Å². The summed E-state index contributed by atoms with van der Waals surface area (Å²) < 4.78 is 0. The van der Waals surface area contributed by atoms with Crippen molar-refractivity contribution in [3.05, 3.63) is 72.4 Å². The molecule has 3 atom stereocenters. The van der Waals surface area contributed by atoms with E-state index in [4.69, 9.17) is 0 Å². The van der Waals surface area contributed by atoms with Gasteiger partial charge in [0.2, 0.25) is 0 Å². The summed E-state index contributed by atoms with van der Waals surface area (Å²) in [6.45, 7) is 0.345. The van der Waals surface area contributed by atoms with Crippen LogP contribution in [0.1, 0.15) is 5.56 Å². The normalized spacial score (nSPS) is 26.8. The van der Waals surface area contributed by atoms with Crippen LogP contribution >= 0.6 is 11.8 Å². The van der Waals surface area contributed by atoms with E-state index in [0.29, 0.717) is 6.54 Å². The van der Waals surface area contributed by atoms with Gasteiger partial charge in [-0.15, -0.1) is 11.8 Å². The van der Waals surface area contributed by atoms with Crippen molar-refractivity contribution in [2.45, 2.75) is 16.2 Å². The van der Waals surface area contributed by atoms with E-state index in [2.05, 4.69) is 5.32 Å². The average Bonchev–Trinajstić information content (AvgIpc) is 2.92. The Morgan fingerprint density at radius 3 is 2.35 bits per heavy atom. The minimum absolute atomic E-state index is 0.252. The zero-order valence-corrected chi connectivity index (χ0v) is 13.3. The van der Waals surface area contributed by atoms with Crippen LogP contribution in [0.4, 0.5) is 0 Å². The molecule has 3 N–H and O–H groups in total. The third kappa shape index (κ3) is 3.13. The first kappa shape index (κ1) is 16.1. The zero-order chi connectivity index (χ0) is 16.3.